The topological polar surface area (TPSA) is 58.6 Å². The summed E-state index contributed by atoms with van der Waals surface area (Å²) in [6, 6.07) is 6.60. The molecule has 0 bridgehead atoms. The number of hydrogen-bond donors (Lipinski definition) is 1. The molecule has 2 saturated heterocycles. The Morgan fingerprint density at radius 1 is 1.40 bits per heavy atom. The van der Waals surface area contributed by atoms with Crippen LogP contribution in [0.1, 0.15) is 31.7 Å². The van der Waals surface area contributed by atoms with Gasteiger partial charge >= 0.3 is 0 Å². The van der Waals surface area contributed by atoms with Crippen molar-refractivity contribution < 1.29 is 18.7 Å². The molecule has 1 N–H and O–H groups in total. The van der Waals surface area contributed by atoms with Crippen molar-refractivity contribution in [2.24, 2.45) is 5.92 Å². The first-order valence-corrected chi connectivity index (χ1v) is 8.93. The van der Waals surface area contributed by atoms with Crippen LogP contribution < -0.4 is 5.32 Å². The maximum absolute atomic E-state index is 13.7. The first-order valence-electron chi connectivity index (χ1n) is 8.93. The second-order valence-corrected chi connectivity index (χ2v) is 6.95. The van der Waals surface area contributed by atoms with Crippen LogP contribution in [0.4, 0.5) is 4.39 Å². The molecule has 2 heterocycles. The van der Waals surface area contributed by atoms with Gasteiger partial charge in [-0.15, -0.1) is 0 Å². The Labute approximate surface area is 147 Å². The van der Waals surface area contributed by atoms with Crippen molar-refractivity contribution in [2.75, 3.05) is 32.8 Å². The molecule has 0 saturated carbocycles. The summed E-state index contributed by atoms with van der Waals surface area (Å²) in [4.78, 5) is 26.1. The predicted molar refractivity (Wildman–Crippen MR) is 91.5 cm³/mol. The van der Waals surface area contributed by atoms with E-state index in [-0.39, 0.29) is 35.4 Å². The van der Waals surface area contributed by atoms with Crippen molar-refractivity contribution in [1.29, 1.82) is 0 Å². The molecule has 5 nitrogen and oxygen atoms in total. The molecular weight excluding hydrogens is 323 g/mol. The smallest absolute Gasteiger partial charge is 0.225 e. The van der Waals surface area contributed by atoms with Gasteiger partial charge in [-0.25, -0.2) is 4.39 Å². The molecule has 2 fully saturated rings. The molecule has 0 aliphatic carbocycles. The monoisotopic (exact) mass is 348 g/mol. The number of benzene rings is 1. The molecule has 2 aliphatic rings. The van der Waals surface area contributed by atoms with Crippen molar-refractivity contribution in [3.8, 4) is 0 Å². The van der Waals surface area contributed by atoms with Gasteiger partial charge in [0.1, 0.15) is 5.82 Å². The Balaban J connectivity index is 1.69. The Hall–Kier alpha value is -1.95. The van der Waals surface area contributed by atoms with E-state index in [0.717, 1.165) is 18.4 Å². The fourth-order valence-electron chi connectivity index (χ4n) is 3.80. The van der Waals surface area contributed by atoms with Gasteiger partial charge in [0, 0.05) is 44.7 Å². The lowest BCUT2D eigenvalue weighted by Crippen LogP contribution is -2.46. The largest absolute Gasteiger partial charge is 0.381 e. The third kappa shape index (κ3) is 3.84. The molecule has 6 heteroatoms. The van der Waals surface area contributed by atoms with Crippen molar-refractivity contribution >= 4 is 11.8 Å². The summed E-state index contributed by atoms with van der Waals surface area (Å²) >= 11 is 0. The third-order valence-corrected chi connectivity index (χ3v) is 5.45. The van der Waals surface area contributed by atoms with Gasteiger partial charge in [-0.05, 0) is 37.5 Å². The number of halogens is 1. The summed E-state index contributed by atoms with van der Waals surface area (Å²) in [5, 5.41) is 3.02. The highest BCUT2D eigenvalue weighted by molar-refractivity contribution is 5.89. The van der Waals surface area contributed by atoms with Crippen molar-refractivity contribution in [1.82, 2.24) is 10.2 Å². The minimum Gasteiger partial charge on any atom is -0.381 e. The van der Waals surface area contributed by atoms with E-state index in [4.69, 9.17) is 4.74 Å². The number of carbonyl (C=O) groups is 2. The highest BCUT2D eigenvalue weighted by Crippen LogP contribution is 2.34. The van der Waals surface area contributed by atoms with Gasteiger partial charge in [-0.2, -0.15) is 0 Å². The summed E-state index contributed by atoms with van der Waals surface area (Å²) in [6.07, 6.45) is 1.75. The highest BCUT2D eigenvalue weighted by Gasteiger charge is 2.38. The molecule has 1 aromatic rings. The predicted octanol–water partition coefficient (Wildman–Crippen LogP) is 1.86. The molecular formula is C19H25FN2O3. The van der Waals surface area contributed by atoms with Crippen LogP contribution in [0, 0.1) is 11.7 Å². The van der Waals surface area contributed by atoms with Gasteiger partial charge in [0.15, 0.2) is 0 Å². The van der Waals surface area contributed by atoms with Crippen LogP contribution in [0.5, 0.6) is 0 Å². The van der Waals surface area contributed by atoms with Gasteiger partial charge in [0.25, 0.3) is 0 Å². The van der Waals surface area contributed by atoms with Gasteiger partial charge in [-0.3, -0.25) is 9.59 Å². The lowest BCUT2D eigenvalue weighted by molar-refractivity contribution is -0.129. The quantitative estimate of drug-likeness (QED) is 0.884. The van der Waals surface area contributed by atoms with Crippen LogP contribution in [0.3, 0.4) is 0 Å². The number of ether oxygens (including phenoxy) is 1. The third-order valence-electron chi connectivity index (χ3n) is 5.45. The molecule has 25 heavy (non-hydrogen) atoms. The van der Waals surface area contributed by atoms with Crippen LogP contribution >= 0.6 is 0 Å². The van der Waals surface area contributed by atoms with Gasteiger partial charge < -0.3 is 15.0 Å². The first-order chi connectivity index (χ1) is 12.0. The van der Waals surface area contributed by atoms with E-state index in [1.165, 1.54) is 6.07 Å². The zero-order chi connectivity index (χ0) is 17.9. The normalized spacial score (nSPS) is 22.9. The molecule has 0 aromatic heterocycles. The summed E-state index contributed by atoms with van der Waals surface area (Å²) < 4.78 is 19.2. The van der Waals surface area contributed by atoms with Gasteiger partial charge in [0.05, 0.1) is 5.92 Å². The Morgan fingerprint density at radius 2 is 2.16 bits per heavy atom. The average Bonchev–Trinajstić information content (AvgIpc) is 3.01. The summed E-state index contributed by atoms with van der Waals surface area (Å²) in [7, 11) is 0. The number of amides is 2. The van der Waals surface area contributed by atoms with Crippen molar-refractivity contribution in [3.63, 3.8) is 0 Å². The maximum atomic E-state index is 13.7. The van der Waals surface area contributed by atoms with Crippen molar-refractivity contribution in [3.05, 3.63) is 35.6 Å². The number of carbonyl (C=O) groups excluding carboxylic acids is 2. The fraction of sp³-hybridized carbons (Fsp3) is 0.579. The molecule has 0 unspecified atom stereocenters. The van der Waals surface area contributed by atoms with E-state index in [9.17, 15) is 14.0 Å². The van der Waals surface area contributed by atoms with Crippen molar-refractivity contribution in [2.45, 2.75) is 31.6 Å². The van der Waals surface area contributed by atoms with Crippen LogP contribution in [-0.4, -0.2) is 49.6 Å². The highest BCUT2D eigenvalue weighted by atomic mass is 19.1. The Bertz CT molecular complexity index is 643. The summed E-state index contributed by atoms with van der Waals surface area (Å²) in [5.41, 5.74) is 0.581. The molecule has 1 atom stereocenters. The van der Waals surface area contributed by atoms with E-state index in [1.54, 1.807) is 17.0 Å². The lowest BCUT2D eigenvalue weighted by Gasteiger charge is -2.38. The Morgan fingerprint density at radius 3 is 2.80 bits per heavy atom. The number of nitrogens with one attached hydrogen (secondary N) is 1. The van der Waals surface area contributed by atoms with E-state index in [2.05, 4.69) is 5.32 Å². The van der Waals surface area contributed by atoms with Gasteiger partial charge in [-0.1, -0.05) is 12.1 Å². The molecule has 2 amide bonds. The van der Waals surface area contributed by atoms with E-state index in [0.29, 0.717) is 32.8 Å². The van der Waals surface area contributed by atoms with E-state index < -0.39 is 0 Å². The molecule has 2 aliphatic heterocycles. The van der Waals surface area contributed by atoms with E-state index >= 15 is 0 Å². The number of nitrogens with zero attached hydrogens (tertiary/aromatic N) is 1. The maximum Gasteiger partial charge on any atom is 0.225 e. The molecule has 1 aromatic carbocycles. The molecule has 136 valence electrons. The van der Waals surface area contributed by atoms with Gasteiger partial charge in [0.2, 0.25) is 11.8 Å². The van der Waals surface area contributed by atoms with Crippen LogP contribution in [0.25, 0.3) is 0 Å². The minimum atomic E-state index is -0.316. The Kier molecular flexibility index (Phi) is 5.37. The molecule has 0 radical (unpaired) electrons. The standard InChI is InChI=1S/C19H25FN2O3/c1-2-22-12-14(10-17(22)23)18(24)21-13-19(6-8-25-9-7-19)15-4-3-5-16(20)11-15/h3-5,11,14H,2,6-10,12-13H2,1H3,(H,21,24)/t14-/m0/s1. The fourth-order valence-corrected chi connectivity index (χ4v) is 3.80. The molecule has 3 rings (SSSR count). The number of hydrogen-bond acceptors (Lipinski definition) is 3. The lowest BCUT2D eigenvalue weighted by atomic mass is 9.74. The average molecular weight is 348 g/mol. The van der Waals surface area contributed by atoms with Crippen LogP contribution in [0.15, 0.2) is 24.3 Å². The number of rotatable bonds is 5. The summed E-state index contributed by atoms with van der Waals surface area (Å²) in [5.74, 6) is -0.619. The van der Waals surface area contributed by atoms with Crippen LogP contribution in [-0.2, 0) is 19.7 Å². The van der Waals surface area contributed by atoms with E-state index in [1.807, 2.05) is 13.0 Å². The van der Waals surface area contributed by atoms with Crippen LogP contribution in [0.2, 0.25) is 0 Å². The SMILES string of the molecule is CCN1C[C@@H](C(=O)NCC2(c3cccc(F)c3)CCOCC2)CC1=O. The zero-order valence-corrected chi connectivity index (χ0v) is 14.6. The first kappa shape index (κ1) is 17.9. The molecule has 0 spiro atoms. The minimum absolute atomic E-state index is 0.0357. The number of likely N-dealkylation sites (tertiary alicyclic amines) is 1. The second-order valence-electron chi connectivity index (χ2n) is 6.95. The summed E-state index contributed by atoms with van der Waals surface area (Å²) in [6.45, 7) is 4.66. The zero-order valence-electron chi connectivity index (χ0n) is 14.6. The second kappa shape index (κ2) is 7.52.